The van der Waals surface area contributed by atoms with Gasteiger partial charge in [0, 0.05) is 30.1 Å². The molecule has 0 amide bonds. The van der Waals surface area contributed by atoms with Crippen molar-refractivity contribution in [2.45, 2.75) is 32.5 Å². The van der Waals surface area contributed by atoms with E-state index in [9.17, 15) is 10.2 Å². The maximum Gasteiger partial charge on any atom is 0.145 e. The van der Waals surface area contributed by atoms with E-state index in [1.807, 2.05) is 0 Å². The first kappa shape index (κ1) is 13.0. The molecule has 1 aromatic heterocycles. The van der Waals surface area contributed by atoms with Gasteiger partial charge in [-0.1, -0.05) is 0 Å². The molecule has 1 aliphatic heterocycles. The maximum absolute atomic E-state index is 9.91. The van der Waals surface area contributed by atoms with Crippen LogP contribution in [0, 0.1) is 6.92 Å². The summed E-state index contributed by atoms with van der Waals surface area (Å²) < 4.78 is 5.46. The Kier molecular flexibility index (Phi) is 4.28. The van der Waals surface area contributed by atoms with E-state index < -0.39 is 0 Å². The molecule has 2 rings (SSSR count). The third-order valence-electron chi connectivity index (χ3n) is 3.08. The summed E-state index contributed by atoms with van der Waals surface area (Å²) in [5.74, 6) is 0.0811. The topological polar surface area (TPSA) is 74.9 Å². The molecule has 0 radical (unpaired) electrons. The van der Waals surface area contributed by atoms with Crippen molar-refractivity contribution >= 4 is 6.21 Å². The number of aliphatic hydroxyl groups excluding tert-OH is 1. The summed E-state index contributed by atoms with van der Waals surface area (Å²) in [4.78, 5) is 8.28. The molecule has 1 atom stereocenters. The van der Waals surface area contributed by atoms with Gasteiger partial charge < -0.3 is 14.9 Å². The lowest BCUT2D eigenvalue weighted by Gasteiger charge is -2.08. The van der Waals surface area contributed by atoms with E-state index in [1.165, 1.54) is 0 Å². The highest BCUT2D eigenvalue weighted by molar-refractivity contribution is 5.85. The minimum atomic E-state index is -0.165. The van der Waals surface area contributed by atoms with Crippen LogP contribution in [0.3, 0.4) is 0 Å². The SMILES string of the molecule is Cc1ncc(CO)c(C=NC[C@@H]2CCCO2)c1O. The predicted octanol–water partition coefficient (Wildman–Crippen LogP) is 1.19. The number of rotatable bonds is 4. The molecule has 1 saturated heterocycles. The second-order valence-electron chi connectivity index (χ2n) is 4.42. The van der Waals surface area contributed by atoms with Crippen LogP contribution in [0.15, 0.2) is 11.2 Å². The summed E-state index contributed by atoms with van der Waals surface area (Å²) >= 11 is 0. The van der Waals surface area contributed by atoms with Gasteiger partial charge in [-0.2, -0.15) is 0 Å². The van der Waals surface area contributed by atoms with Crippen LogP contribution in [0.2, 0.25) is 0 Å². The number of aromatic nitrogens is 1. The fourth-order valence-electron chi connectivity index (χ4n) is 1.97. The molecule has 2 heterocycles. The van der Waals surface area contributed by atoms with Gasteiger partial charge in [-0.05, 0) is 19.8 Å². The van der Waals surface area contributed by atoms with Crippen molar-refractivity contribution in [2.24, 2.45) is 4.99 Å². The number of aliphatic imine (C=N–C) groups is 1. The molecule has 0 aliphatic carbocycles. The van der Waals surface area contributed by atoms with Crippen molar-refractivity contribution in [3.05, 3.63) is 23.0 Å². The molecule has 5 nitrogen and oxygen atoms in total. The highest BCUT2D eigenvalue weighted by atomic mass is 16.5. The molecule has 1 fully saturated rings. The van der Waals surface area contributed by atoms with Gasteiger partial charge in [0.1, 0.15) is 5.75 Å². The Labute approximate surface area is 106 Å². The molecule has 18 heavy (non-hydrogen) atoms. The van der Waals surface area contributed by atoms with Crippen molar-refractivity contribution in [2.75, 3.05) is 13.2 Å². The Balaban J connectivity index is 2.11. The molecule has 5 heteroatoms. The maximum atomic E-state index is 9.91. The van der Waals surface area contributed by atoms with Crippen molar-refractivity contribution in [3.63, 3.8) is 0 Å². The largest absolute Gasteiger partial charge is 0.505 e. The molecular formula is C13H18N2O3. The van der Waals surface area contributed by atoms with Gasteiger partial charge in [-0.25, -0.2) is 0 Å². The van der Waals surface area contributed by atoms with Crippen LogP contribution in [0.25, 0.3) is 0 Å². The van der Waals surface area contributed by atoms with Gasteiger partial charge in [0.05, 0.1) is 24.9 Å². The molecule has 0 saturated carbocycles. The lowest BCUT2D eigenvalue weighted by atomic mass is 10.1. The first-order valence-corrected chi connectivity index (χ1v) is 6.12. The van der Waals surface area contributed by atoms with E-state index in [4.69, 9.17) is 4.74 Å². The second-order valence-corrected chi connectivity index (χ2v) is 4.42. The van der Waals surface area contributed by atoms with Crippen LogP contribution in [0.1, 0.15) is 29.7 Å². The minimum Gasteiger partial charge on any atom is -0.505 e. The zero-order valence-corrected chi connectivity index (χ0v) is 10.5. The molecule has 1 aliphatic rings. The summed E-state index contributed by atoms with van der Waals surface area (Å²) in [6, 6.07) is 0. The molecule has 0 bridgehead atoms. The smallest absolute Gasteiger partial charge is 0.145 e. The van der Waals surface area contributed by atoms with Crippen LogP contribution < -0.4 is 0 Å². The molecular weight excluding hydrogens is 232 g/mol. The molecule has 0 unspecified atom stereocenters. The number of aliphatic hydroxyl groups is 1. The number of hydrogen-bond donors (Lipinski definition) is 2. The zero-order chi connectivity index (χ0) is 13.0. The Bertz CT molecular complexity index is 440. The first-order chi connectivity index (χ1) is 8.72. The number of pyridine rings is 1. The van der Waals surface area contributed by atoms with Crippen molar-refractivity contribution in [3.8, 4) is 5.75 Å². The Morgan fingerprint density at radius 2 is 2.44 bits per heavy atom. The van der Waals surface area contributed by atoms with Crippen LogP contribution >= 0.6 is 0 Å². The Morgan fingerprint density at radius 3 is 3.11 bits per heavy atom. The third kappa shape index (κ3) is 2.86. The van der Waals surface area contributed by atoms with Gasteiger partial charge in [-0.3, -0.25) is 9.98 Å². The zero-order valence-electron chi connectivity index (χ0n) is 10.5. The Hall–Kier alpha value is -1.46. The fraction of sp³-hybridized carbons (Fsp3) is 0.538. The van der Waals surface area contributed by atoms with E-state index in [-0.39, 0.29) is 18.5 Å². The highest BCUT2D eigenvalue weighted by Crippen LogP contribution is 2.22. The van der Waals surface area contributed by atoms with E-state index >= 15 is 0 Å². The fourth-order valence-corrected chi connectivity index (χ4v) is 1.97. The standard InChI is InChI=1S/C13H18N2O3/c1-9-13(17)12(10(8-16)5-15-9)7-14-6-11-3-2-4-18-11/h5,7,11,16-17H,2-4,6,8H2,1H3/t11-/m0/s1. The average Bonchev–Trinajstić information content (AvgIpc) is 2.88. The summed E-state index contributed by atoms with van der Waals surface area (Å²) in [5.41, 5.74) is 1.66. The minimum absolute atomic E-state index is 0.0811. The van der Waals surface area contributed by atoms with Gasteiger partial charge in [0.2, 0.25) is 0 Å². The number of nitrogens with zero attached hydrogens (tertiary/aromatic N) is 2. The molecule has 0 aromatic carbocycles. The highest BCUT2D eigenvalue weighted by Gasteiger charge is 2.14. The van der Waals surface area contributed by atoms with Crippen molar-refractivity contribution in [1.29, 1.82) is 0 Å². The first-order valence-electron chi connectivity index (χ1n) is 6.12. The van der Waals surface area contributed by atoms with Crippen LogP contribution in [0.4, 0.5) is 0 Å². The lowest BCUT2D eigenvalue weighted by molar-refractivity contribution is 0.118. The summed E-state index contributed by atoms with van der Waals surface area (Å²) in [5, 5.41) is 19.1. The van der Waals surface area contributed by atoms with Crippen LogP contribution in [-0.4, -0.2) is 40.7 Å². The summed E-state index contributed by atoms with van der Waals surface area (Å²) in [6.45, 7) is 2.95. The third-order valence-corrected chi connectivity index (χ3v) is 3.08. The van der Waals surface area contributed by atoms with Gasteiger partial charge in [0.15, 0.2) is 0 Å². The number of aryl methyl sites for hydroxylation is 1. The van der Waals surface area contributed by atoms with Crippen molar-refractivity contribution < 1.29 is 14.9 Å². The monoisotopic (exact) mass is 250 g/mol. The van der Waals surface area contributed by atoms with Gasteiger partial charge >= 0.3 is 0 Å². The number of hydrogen-bond acceptors (Lipinski definition) is 5. The quantitative estimate of drug-likeness (QED) is 0.787. The molecule has 1 aromatic rings. The predicted molar refractivity (Wildman–Crippen MR) is 68.0 cm³/mol. The van der Waals surface area contributed by atoms with E-state index in [2.05, 4.69) is 9.98 Å². The van der Waals surface area contributed by atoms with E-state index in [0.29, 0.717) is 23.4 Å². The second kappa shape index (κ2) is 5.93. The molecule has 98 valence electrons. The lowest BCUT2D eigenvalue weighted by Crippen LogP contribution is -2.09. The van der Waals surface area contributed by atoms with Crippen LogP contribution in [-0.2, 0) is 11.3 Å². The molecule has 2 N–H and O–H groups in total. The van der Waals surface area contributed by atoms with Crippen LogP contribution in [0.5, 0.6) is 5.75 Å². The summed E-state index contributed by atoms with van der Waals surface area (Å²) in [6.07, 6.45) is 5.45. The Morgan fingerprint density at radius 1 is 1.61 bits per heavy atom. The van der Waals surface area contributed by atoms with Crippen molar-refractivity contribution in [1.82, 2.24) is 4.98 Å². The van der Waals surface area contributed by atoms with E-state index in [0.717, 1.165) is 19.4 Å². The van der Waals surface area contributed by atoms with Gasteiger partial charge in [-0.15, -0.1) is 0 Å². The number of aromatic hydroxyl groups is 1. The van der Waals surface area contributed by atoms with E-state index in [1.54, 1.807) is 19.3 Å². The van der Waals surface area contributed by atoms with Gasteiger partial charge in [0.25, 0.3) is 0 Å². The summed E-state index contributed by atoms with van der Waals surface area (Å²) in [7, 11) is 0. The number of ether oxygens (including phenoxy) is 1. The molecule has 0 spiro atoms. The average molecular weight is 250 g/mol. The normalized spacial score (nSPS) is 19.8.